The molecule has 2 aliphatic rings. The van der Waals surface area contributed by atoms with Gasteiger partial charge >= 0.3 is 0 Å². The maximum Gasteiger partial charge on any atom is 0.248 e. The van der Waals surface area contributed by atoms with Crippen LogP contribution < -0.4 is 0 Å². The van der Waals surface area contributed by atoms with Gasteiger partial charge in [0.05, 0.1) is 18.7 Å². The van der Waals surface area contributed by atoms with Gasteiger partial charge in [0.1, 0.15) is 11.4 Å². The van der Waals surface area contributed by atoms with E-state index in [9.17, 15) is 9.59 Å². The Kier molecular flexibility index (Phi) is 6.43. The molecule has 7 heteroatoms. The molecule has 0 N–H and O–H groups in total. The van der Waals surface area contributed by atoms with E-state index in [0.29, 0.717) is 13.2 Å². The number of hydrogen-bond acceptors (Lipinski definition) is 3. The van der Waals surface area contributed by atoms with Crippen molar-refractivity contribution in [2.75, 3.05) is 6.61 Å². The monoisotopic (exact) mass is 450 g/mol. The van der Waals surface area contributed by atoms with Gasteiger partial charge in [-0.05, 0) is 29.6 Å². The maximum absolute atomic E-state index is 13.5. The van der Waals surface area contributed by atoms with Gasteiger partial charge in [-0.2, -0.15) is 0 Å². The van der Waals surface area contributed by atoms with Crippen LogP contribution in [0.25, 0.3) is 0 Å². The van der Waals surface area contributed by atoms with E-state index in [-0.39, 0.29) is 34.9 Å². The van der Waals surface area contributed by atoms with Crippen molar-refractivity contribution in [1.82, 2.24) is 9.80 Å². The van der Waals surface area contributed by atoms with Crippen LogP contribution in [0.5, 0.6) is 0 Å². The molecule has 0 spiro atoms. The van der Waals surface area contributed by atoms with Crippen molar-refractivity contribution in [3.8, 4) is 0 Å². The van der Waals surface area contributed by atoms with Crippen molar-refractivity contribution in [3.05, 3.63) is 35.9 Å². The zero-order chi connectivity index (χ0) is 22.4. The molecule has 2 amide bonds. The highest BCUT2D eigenvalue weighted by atomic mass is 35.5. The molecular formula is C23H35ClN2O3Si. The molecule has 0 aromatic heterocycles. The lowest BCUT2D eigenvalue weighted by atomic mass is 9.82. The predicted molar refractivity (Wildman–Crippen MR) is 123 cm³/mol. The van der Waals surface area contributed by atoms with E-state index in [0.717, 1.165) is 5.56 Å². The number of halogens is 1. The zero-order valence-electron chi connectivity index (χ0n) is 19.2. The first-order valence-corrected chi connectivity index (χ1v) is 14.2. The van der Waals surface area contributed by atoms with E-state index in [1.54, 1.807) is 4.90 Å². The van der Waals surface area contributed by atoms with Gasteiger partial charge in [-0.3, -0.25) is 9.59 Å². The Hall–Kier alpha value is -1.37. The van der Waals surface area contributed by atoms with Gasteiger partial charge in [-0.25, -0.2) is 0 Å². The Morgan fingerprint density at radius 1 is 1.10 bits per heavy atom. The summed E-state index contributed by atoms with van der Waals surface area (Å²) < 4.78 is 6.57. The van der Waals surface area contributed by atoms with Gasteiger partial charge in [-0.15, -0.1) is 11.6 Å². The number of fused-ring (bicyclic) bond motifs is 1. The number of piperazine rings is 1. The van der Waals surface area contributed by atoms with Crippen LogP contribution in [0.3, 0.4) is 0 Å². The summed E-state index contributed by atoms with van der Waals surface area (Å²) in [5.41, 5.74) is 1.07. The molecule has 30 heavy (non-hydrogen) atoms. The molecule has 0 unspecified atom stereocenters. The third kappa shape index (κ3) is 4.06. The molecule has 2 aliphatic heterocycles. The minimum atomic E-state index is -2.02. The second-order valence-corrected chi connectivity index (χ2v) is 15.7. The highest BCUT2D eigenvalue weighted by molar-refractivity contribution is 6.74. The summed E-state index contributed by atoms with van der Waals surface area (Å²) in [5, 5.41) is -0.695. The van der Waals surface area contributed by atoms with Gasteiger partial charge < -0.3 is 14.2 Å². The van der Waals surface area contributed by atoms with E-state index in [2.05, 4.69) is 47.7 Å². The molecule has 1 aromatic rings. The van der Waals surface area contributed by atoms with Crippen molar-refractivity contribution in [1.29, 1.82) is 0 Å². The van der Waals surface area contributed by atoms with Crippen LogP contribution in [0.2, 0.25) is 18.1 Å². The average molecular weight is 451 g/mol. The van der Waals surface area contributed by atoms with E-state index in [4.69, 9.17) is 16.0 Å². The summed E-state index contributed by atoms with van der Waals surface area (Å²) in [6.45, 7) is 16.2. The Morgan fingerprint density at radius 2 is 1.70 bits per heavy atom. The van der Waals surface area contributed by atoms with Crippen LogP contribution in [-0.4, -0.2) is 60.0 Å². The number of alkyl halides is 1. The van der Waals surface area contributed by atoms with Gasteiger partial charge in [0.15, 0.2) is 8.32 Å². The minimum absolute atomic E-state index is 0.0691. The first-order valence-electron chi connectivity index (χ1n) is 10.8. The minimum Gasteiger partial charge on any atom is -0.415 e. The largest absolute Gasteiger partial charge is 0.415 e. The van der Waals surface area contributed by atoms with Crippen LogP contribution >= 0.6 is 11.6 Å². The fraction of sp³-hybridized carbons (Fsp3) is 0.652. The standard InChI is InChI=1S/C23H35ClN2O3Si/c1-15(2)19-17(14-29-30(6,7)23(3,4)5)25(13-16-11-9-8-10-12-16)22(28)20-18(24)21(27)26(19)20/h8-12,15,17-20H,13-14H2,1-7H3/t17-,18+,19-,20-/m1/s1. The number of amides is 2. The summed E-state index contributed by atoms with van der Waals surface area (Å²) in [4.78, 5) is 29.7. The third-order valence-electron chi connectivity index (χ3n) is 7.02. The molecule has 2 heterocycles. The second-order valence-electron chi connectivity index (χ2n) is 10.4. The lowest BCUT2D eigenvalue weighted by Crippen LogP contribution is -2.80. The molecule has 0 bridgehead atoms. The van der Waals surface area contributed by atoms with E-state index >= 15 is 0 Å². The van der Waals surface area contributed by atoms with Crippen molar-refractivity contribution in [2.45, 2.75) is 82.8 Å². The summed E-state index contributed by atoms with van der Waals surface area (Å²) in [7, 11) is -2.02. The number of carbonyl (C=O) groups excluding carboxylic acids is 2. The molecule has 1 aromatic carbocycles. The summed E-state index contributed by atoms with van der Waals surface area (Å²) in [6.07, 6.45) is 0. The highest BCUT2D eigenvalue weighted by Gasteiger charge is 2.61. The van der Waals surface area contributed by atoms with Crippen LogP contribution in [0, 0.1) is 5.92 Å². The quantitative estimate of drug-likeness (QED) is 0.369. The van der Waals surface area contributed by atoms with E-state index in [1.165, 1.54) is 0 Å². The summed E-state index contributed by atoms with van der Waals surface area (Å²) >= 11 is 6.30. The van der Waals surface area contributed by atoms with E-state index < -0.39 is 19.7 Å². The summed E-state index contributed by atoms with van der Waals surface area (Å²) in [5.74, 6) is -0.0235. The van der Waals surface area contributed by atoms with Crippen LogP contribution in [-0.2, 0) is 20.6 Å². The number of nitrogens with zero attached hydrogens (tertiary/aromatic N) is 2. The van der Waals surface area contributed by atoms with Gasteiger partial charge in [-0.1, -0.05) is 65.0 Å². The molecule has 3 rings (SSSR count). The third-order valence-corrected chi connectivity index (χ3v) is 11.9. The Bertz CT molecular complexity index is 793. The number of rotatable bonds is 6. The van der Waals surface area contributed by atoms with Gasteiger partial charge in [0.25, 0.3) is 0 Å². The van der Waals surface area contributed by atoms with Crippen LogP contribution in [0.15, 0.2) is 30.3 Å². The molecule has 0 saturated carbocycles. The molecule has 0 aliphatic carbocycles. The molecule has 0 radical (unpaired) electrons. The molecule has 2 fully saturated rings. The number of hydrogen-bond donors (Lipinski definition) is 0. The van der Waals surface area contributed by atoms with Gasteiger partial charge in [0, 0.05) is 6.54 Å². The van der Waals surface area contributed by atoms with Crippen LogP contribution in [0.1, 0.15) is 40.2 Å². The first kappa shape index (κ1) is 23.3. The van der Waals surface area contributed by atoms with Crippen molar-refractivity contribution >= 4 is 31.7 Å². The molecule has 2 saturated heterocycles. The van der Waals surface area contributed by atoms with Crippen molar-refractivity contribution < 1.29 is 14.0 Å². The van der Waals surface area contributed by atoms with Crippen molar-refractivity contribution in [2.24, 2.45) is 5.92 Å². The van der Waals surface area contributed by atoms with Crippen LogP contribution in [0.4, 0.5) is 0 Å². The second kappa shape index (κ2) is 8.28. The predicted octanol–water partition coefficient (Wildman–Crippen LogP) is 4.26. The smallest absolute Gasteiger partial charge is 0.248 e. The lowest BCUT2D eigenvalue weighted by molar-refractivity contribution is -0.179. The maximum atomic E-state index is 13.5. The zero-order valence-corrected chi connectivity index (χ0v) is 20.9. The first-order chi connectivity index (χ1) is 13.9. The van der Waals surface area contributed by atoms with Crippen molar-refractivity contribution in [3.63, 3.8) is 0 Å². The molecule has 5 nitrogen and oxygen atoms in total. The van der Waals surface area contributed by atoms with Gasteiger partial charge in [0.2, 0.25) is 11.8 Å². The topological polar surface area (TPSA) is 49.9 Å². The fourth-order valence-electron chi connectivity index (χ4n) is 4.19. The number of carbonyl (C=O) groups is 2. The Balaban J connectivity index is 1.95. The number of benzene rings is 1. The lowest BCUT2D eigenvalue weighted by Gasteiger charge is -2.59. The van der Waals surface area contributed by atoms with E-state index in [1.807, 2.05) is 35.2 Å². The average Bonchev–Trinajstić information content (AvgIpc) is 2.66. The number of β-lactam (4-membered cyclic amide) rings is 1. The Morgan fingerprint density at radius 3 is 2.23 bits per heavy atom. The SMILES string of the molecule is CC(C)[C@@H]1[C@@H](CO[Si](C)(C)C(C)(C)C)N(Cc2ccccc2)C(=O)[C@H]2[C@H](Cl)C(=O)N12. The molecule has 166 valence electrons. The molecule has 4 atom stereocenters. The highest BCUT2D eigenvalue weighted by Crippen LogP contribution is 2.41. The summed E-state index contributed by atoms with van der Waals surface area (Å²) in [6, 6.07) is 9.11. The molecular weight excluding hydrogens is 416 g/mol. The normalized spacial score (nSPS) is 27.4. The Labute approximate surface area is 186 Å². The fourth-order valence-corrected chi connectivity index (χ4v) is 5.55.